The number of ether oxygens (including phenoxy) is 1. The smallest absolute Gasteiger partial charge is 0.293 e. The molecule has 5 amide bonds. The maximum absolute atomic E-state index is 12.0. The molecule has 0 bridgehead atoms. The number of carbonyl (C=O) groups excluding carboxylic acids is 5. The second kappa shape index (κ2) is 41.7. The largest absolute Gasteiger partial charge is 0.502 e. The number of benzene rings is 5. The molecular weight excluding hydrogens is 1470 g/mol. The second-order valence-electron chi connectivity index (χ2n) is 24.3. The van der Waals surface area contributed by atoms with E-state index < -0.39 is 86.1 Å². The molecule has 5 aromatic carbocycles. The van der Waals surface area contributed by atoms with E-state index in [1.54, 1.807) is 30.3 Å². The number of carbonyl (C=O) groups is 5. The summed E-state index contributed by atoms with van der Waals surface area (Å²) in [5, 5.41) is 63.9. The fourth-order valence-electron chi connectivity index (χ4n) is 9.73. The number of unbranched alkanes of at least 4 members (excludes halogenated alkanes) is 1. The van der Waals surface area contributed by atoms with Crippen molar-refractivity contribution in [2.75, 3.05) is 32.8 Å². The van der Waals surface area contributed by atoms with Crippen LogP contribution >= 0.6 is 46.4 Å². The van der Waals surface area contributed by atoms with Crippen LogP contribution in [-0.4, -0.2) is 111 Å². The number of pyridine rings is 5. The highest BCUT2D eigenvalue weighted by molar-refractivity contribution is 6.42. The summed E-state index contributed by atoms with van der Waals surface area (Å²) in [6, 6.07) is 42.7. The monoisotopic (exact) mass is 1550 g/mol. The van der Waals surface area contributed by atoms with Crippen LogP contribution in [-0.2, 0) is 61.0 Å². The van der Waals surface area contributed by atoms with E-state index in [4.69, 9.17) is 51.1 Å². The SMILES string of the molecule is Cc1ccc(CNC(=O)c2ccn(C)c(=O)c2O)cc1.Cc1cccc(CCNC(=O)c2ccn(C)c(=O)c2O)c1.Cn1ccc(C(=O)NCCCCOc2ccccc2)c(O)c1=O.Cn1ccc(C(=O)NCCc2ccc(Cl)c(Cl)c2)c(O)c1=O.Cn1ccc(C(=O)NCCc2ccc(Cl)cc2Cl)c(O)c1=O. The third kappa shape index (κ3) is 25.5. The molecule has 0 atom stereocenters. The lowest BCUT2D eigenvalue weighted by molar-refractivity contribution is 0.0939. The minimum absolute atomic E-state index is 0.00217. The van der Waals surface area contributed by atoms with Gasteiger partial charge in [0.25, 0.3) is 57.3 Å². The van der Waals surface area contributed by atoms with Crippen molar-refractivity contribution in [3.05, 3.63) is 310 Å². The number of hydrogen-bond donors (Lipinski definition) is 10. The lowest BCUT2D eigenvalue weighted by Gasteiger charge is -2.08. The Morgan fingerprint density at radius 1 is 0.361 bits per heavy atom. The number of aryl methyl sites for hydroxylation is 7. The predicted molar refractivity (Wildman–Crippen MR) is 415 cm³/mol. The standard InChI is InChI=1S/C17H20N2O4.C16H18N2O3.2C15H14Cl2N2O3.C15H16N2O3/c1-19-11-9-14(15(20)17(19)22)16(21)18-10-5-6-12-23-13-7-3-2-4-8-13;1-11-4-3-5-12(10-11)6-8-17-15(20)13-7-9-18(2)16(21)14(13)19;1-19-7-5-11(13(20)15(19)22)14(21)18-6-4-9-2-3-10(16)8-12(9)17;1-19-7-5-10(13(20)15(19)22)14(21)18-6-4-9-2-3-11(16)12(17)8-9;1-10-3-5-11(6-4-10)9-16-14(19)12-7-8-17(2)15(20)13(12)18/h2-4,7-9,11,20H,5-6,10,12H2,1H3,(H,18,21);3-5,7,9-10,19H,6,8H2,1-2H3,(H,17,20);2*2-3,5,7-8,20H,4,6H2,1H3,(H,18,21);3-8,18H,9H2,1-2H3,(H,16,19). The molecule has 0 fully saturated rings. The third-order valence-corrected chi connectivity index (χ3v) is 17.4. The topological polar surface area (TPSA) is 366 Å². The summed E-state index contributed by atoms with van der Waals surface area (Å²) in [4.78, 5) is 118. The highest BCUT2D eigenvalue weighted by Crippen LogP contribution is 2.24. The molecule has 0 spiro atoms. The summed E-state index contributed by atoms with van der Waals surface area (Å²) in [6.07, 6.45) is 10.5. The zero-order valence-electron chi connectivity index (χ0n) is 60.0. The maximum atomic E-state index is 12.0. The number of halogens is 4. The fraction of sp³-hybridized carbons (Fsp3) is 0.231. The van der Waals surface area contributed by atoms with Crippen molar-refractivity contribution >= 4 is 75.9 Å². The zero-order chi connectivity index (χ0) is 79.3. The van der Waals surface area contributed by atoms with Gasteiger partial charge in [0.1, 0.15) is 5.75 Å². The van der Waals surface area contributed by atoms with Crippen LogP contribution in [0.5, 0.6) is 34.5 Å². The molecule has 0 radical (unpaired) electrons. The molecule has 26 nitrogen and oxygen atoms in total. The minimum atomic E-state index is -0.617. The van der Waals surface area contributed by atoms with Gasteiger partial charge in [-0.05, 0) is 135 Å². The summed E-state index contributed by atoms with van der Waals surface area (Å²) >= 11 is 23.6. The number of nitrogens with zero attached hydrogens (tertiary/aromatic N) is 5. The van der Waals surface area contributed by atoms with E-state index in [0.29, 0.717) is 78.7 Å². The first-order chi connectivity index (χ1) is 51.4. The average molecular weight is 1560 g/mol. The Morgan fingerprint density at radius 3 is 1.16 bits per heavy atom. The highest BCUT2D eigenvalue weighted by atomic mass is 35.5. The van der Waals surface area contributed by atoms with Crippen LogP contribution in [0.25, 0.3) is 0 Å². The molecular formula is C78H82Cl4N10O16. The summed E-state index contributed by atoms with van der Waals surface area (Å²) in [5.74, 6) is -4.27. The first-order valence-corrected chi connectivity index (χ1v) is 34.9. The van der Waals surface area contributed by atoms with Gasteiger partial charge >= 0.3 is 0 Å². The van der Waals surface area contributed by atoms with E-state index >= 15 is 0 Å². The van der Waals surface area contributed by atoms with Crippen molar-refractivity contribution in [1.82, 2.24) is 49.4 Å². The van der Waals surface area contributed by atoms with Crippen LogP contribution in [0.2, 0.25) is 20.1 Å². The number of aromatic hydroxyl groups is 5. The van der Waals surface area contributed by atoms with Crippen molar-refractivity contribution in [2.24, 2.45) is 35.2 Å². The van der Waals surface area contributed by atoms with E-state index in [0.717, 1.165) is 46.4 Å². The van der Waals surface area contributed by atoms with Gasteiger partial charge in [-0.25, -0.2) is 0 Å². The fourth-order valence-corrected chi connectivity index (χ4v) is 10.6. The molecule has 0 aliphatic carbocycles. The number of para-hydroxylation sites is 1. The molecule has 5 aromatic heterocycles. The molecule has 0 saturated heterocycles. The molecule has 10 rings (SSSR count). The highest BCUT2D eigenvalue weighted by Gasteiger charge is 2.20. The van der Waals surface area contributed by atoms with Gasteiger partial charge in [0, 0.05) is 109 Å². The quantitative estimate of drug-likeness (QED) is 0.0283. The first-order valence-electron chi connectivity index (χ1n) is 33.4. The molecule has 0 unspecified atom stereocenters. The Hall–Kier alpha value is -11.8. The minimum Gasteiger partial charge on any atom is -0.502 e. The van der Waals surface area contributed by atoms with E-state index in [-0.39, 0.29) is 27.8 Å². The van der Waals surface area contributed by atoms with Crippen LogP contribution in [0.1, 0.15) is 98.0 Å². The van der Waals surface area contributed by atoms with Crippen molar-refractivity contribution in [3.8, 4) is 34.5 Å². The summed E-state index contributed by atoms with van der Waals surface area (Å²) < 4.78 is 11.6. The molecule has 10 aromatic rings. The van der Waals surface area contributed by atoms with Crippen LogP contribution in [0.15, 0.2) is 201 Å². The van der Waals surface area contributed by atoms with Crippen LogP contribution in [0, 0.1) is 13.8 Å². The number of nitrogens with one attached hydrogen (secondary N) is 5. The first kappa shape index (κ1) is 85.1. The van der Waals surface area contributed by atoms with E-state index in [1.165, 1.54) is 125 Å². The van der Waals surface area contributed by atoms with Crippen molar-refractivity contribution in [1.29, 1.82) is 0 Å². The molecule has 5 heterocycles. The summed E-state index contributed by atoms with van der Waals surface area (Å²) in [5.41, 5.74) is 3.05. The lowest BCUT2D eigenvalue weighted by Crippen LogP contribution is -2.28. The van der Waals surface area contributed by atoms with Crippen molar-refractivity contribution < 1.29 is 54.2 Å². The summed E-state index contributed by atoms with van der Waals surface area (Å²) in [7, 11) is 7.52. The van der Waals surface area contributed by atoms with Gasteiger partial charge in [-0.3, -0.25) is 47.9 Å². The molecule has 0 aliphatic heterocycles. The molecule has 30 heteroatoms. The Labute approximate surface area is 640 Å². The van der Waals surface area contributed by atoms with Gasteiger partial charge in [-0.2, -0.15) is 0 Å². The number of rotatable bonds is 22. The van der Waals surface area contributed by atoms with Crippen molar-refractivity contribution in [2.45, 2.75) is 52.5 Å². The number of aromatic nitrogens is 5. The number of amides is 5. The van der Waals surface area contributed by atoms with E-state index in [1.807, 2.05) is 92.7 Å². The lowest BCUT2D eigenvalue weighted by atomic mass is 10.1. The van der Waals surface area contributed by atoms with Crippen LogP contribution in [0.4, 0.5) is 0 Å². The predicted octanol–water partition coefficient (Wildman–Crippen LogP) is 9.12. The molecule has 568 valence electrons. The normalized spacial score (nSPS) is 10.4. The van der Waals surface area contributed by atoms with Crippen LogP contribution in [0.3, 0.4) is 0 Å². The Morgan fingerprint density at radius 2 is 0.750 bits per heavy atom. The molecule has 0 aliphatic rings. The van der Waals surface area contributed by atoms with Gasteiger partial charge in [-0.1, -0.05) is 136 Å². The second-order valence-corrected chi connectivity index (χ2v) is 25.9. The molecule has 10 N–H and O–H groups in total. The Bertz CT molecular complexity index is 5140. The molecule has 108 heavy (non-hydrogen) atoms. The Balaban J connectivity index is 0.000000211. The zero-order valence-corrected chi connectivity index (χ0v) is 63.0. The number of hydrogen-bond acceptors (Lipinski definition) is 16. The Kier molecular flexibility index (Phi) is 32.9. The van der Waals surface area contributed by atoms with Crippen LogP contribution < -0.4 is 59.1 Å². The molecule has 0 saturated carbocycles. The van der Waals surface area contributed by atoms with Gasteiger partial charge in [0.15, 0.2) is 28.7 Å². The van der Waals surface area contributed by atoms with Gasteiger partial charge in [0.05, 0.1) is 44.5 Å². The third-order valence-electron chi connectivity index (χ3n) is 16.0. The maximum Gasteiger partial charge on any atom is 0.293 e. The van der Waals surface area contributed by atoms with E-state index in [2.05, 4.69) is 32.7 Å². The summed E-state index contributed by atoms with van der Waals surface area (Å²) in [6.45, 7) is 6.45. The van der Waals surface area contributed by atoms with Gasteiger partial charge in [-0.15, -0.1) is 0 Å². The van der Waals surface area contributed by atoms with Gasteiger partial charge < -0.3 is 79.7 Å². The van der Waals surface area contributed by atoms with E-state index in [9.17, 15) is 73.5 Å². The van der Waals surface area contributed by atoms with Crippen molar-refractivity contribution in [3.63, 3.8) is 0 Å². The average Bonchev–Trinajstić information content (AvgIpc) is 0.849. The van der Waals surface area contributed by atoms with Gasteiger partial charge in [0.2, 0.25) is 0 Å².